The van der Waals surface area contributed by atoms with Gasteiger partial charge in [0.2, 0.25) is 0 Å². The van der Waals surface area contributed by atoms with E-state index < -0.39 is 17.8 Å². The minimum Gasteiger partial charge on any atom is -0.469 e. The number of aromatic nitrogens is 2. The van der Waals surface area contributed by atoms with Crippen LogP contribution in [-0.2, 0) is 15.7 Å². The molecule has 0 radical (unpaired) electrons. The van der Waals surface area contributed by atoms with Gasteiger partial charge in [0.05, 0.1) is 36.9 Å². The van der Waals surface area contributed by atoms with Crippen LogP contribution in [0, 0.1) is 0 Å². The number of methoxy groups -OCH3 is 1. The van der Waals surface area contributed by atoms with Crippen molar-refractivity contribution in [2.75, 3.05) is 13.7 Å². The quantitative estimate of drug-likeness (QED) is 0.422. The molecule has 0 spiro atoms. The van der Waals surface area contributed by atoms with Gasteiger partial charge in [-0.2, -0.15) is 13.2 Å². The zero-order valence-corrected chi connectivity index (χ0v) is 18.4. The molecule has 33 heavy (non-hydrogen) atoms. The Morgan fingerprint density at radius 1 is 1.18 bits per heavy atom. The number of benzene rings is 1. The number of pyridine rings is 1. The van der Waals surface area contributed by atoms with Crippen molar-refractivity contribution in [1.29, 1.82) is 0 Å². The molecule has 3 aromatic rings. The molecule has 1 saturated heterocycles. The summed E-state index contributed by atoms with van der Waals surface area (Å²) in [4.78, 5) is 18.1. The molecule has 1 aliphatic heterocycles. The summed E-state index contributed by atoms with van der Waals surface area (Å²) >= 11 is 5.56. The summed E-state index contributed by atoms with van der Waals surface area (Å²) in [7, 11) is 1.32. The van der Waals surface area contributed by atoms with Crippen molar-refractivity contribution in [2.45, 2.75) is 24.7 Å². The molecule has 2 atom stereocenters. The first-order valence-corrected chi connectivity index (χ1v) is 10.6. The molecule has 0 saturated carbocycles. The number of halogens is 3. The van der Waals surface area contributed by atoms with Crippen LogP contribution in [0.15, 0.2) is 67.0 Å². The molecule has 1 N–H and O–H groups in total. The molecule has 1 fully saturated rings. The summed E-state index contributed by atoms with van der Waals surface area (Å²) < 4.78 is 46.4. The maximum atomic E-state index is 13.3. The predicted molar refractivity (Wildman–Crippen MR) is 120 cm³/mol. The maximum Gasteiger partial charge on any atom is 0.416 e. The number of hydrogen-bond donors (Lipinski definition) is 1. The summed E-state index contributed by atoms with van der Waals surface area (Å²) in [5.41, 5.74) is 1.07. The second-order valence-electron chi connectivity index (χ2n) is 7.50. The average molecular weight is 475 g/mol. The molecule has 1 aromatic carbocycles. The second-order valence-corrected chi connectivity index (χ2v) is 7.88. The third-order valence-corrected chi connectivity index (χ3v) is 5.87. The van der Waals surface area contributed by atoms with Crippen LogP contribution in [0.1, 0.15) is 35.5 Å². The van der Waals surface area contributed by atoms with E-state index in [-0.39, 0.29) is 25.0 Å². The van der Waals surface area contributed by atoms with Crippen molar-refractivity contribution in [3.05, 3.63) is 83.9 Å². The Hall–Kier alpha value is -3.40. The molecule has 10 heteroatoms. The van der Waals surface area contributed by atoms with E-state index in [9.17, 15) is 18.0 Å². The Morgan fingerprint density at radius 3 is 2.70 bits per heavy atom. The van der Waals surface area contributed by atoms with E-state index in [1.165, 1.54) is 13.2 Å². The lowest BCUT2D eigenvalue weighted by atomic mass is 10.0. The van der Waals surface area contributed by atoms with Gasteiger partial charge < -0.3 is 19.5 Å². The molecule has 0 bridgehead atoms. The topological polar surface area (TPSA) is 59.4 Å². The summed E-state index contributed by atoms with van der Waals surface area (Å²) in [5, 5.41) is 3.69. The lowest BCUT2D eigenvalue weighted by Crippen LogP contribution is -2.32. The summed E-state index contributed by atoms with van der Waals surface area (Å²) in [6, 6.07) is 13.5. The fourth-order valence-electron chi connectivity index (χ4n) is 3.98. The summed E-state index contributed by atoms with van der Waals surface area (Å²) in [6.45, 7) is 0.278. The van der Waals surface area contributed by atoms with Crippen LogP contribution in [0.3, 0.4) is 0 Å². The van der Waals surface area contributed by atoms with Crippen LogP contribution in [0.25, 0.3) is 5.69 Å². The molecule has 3 heterocycles. The molecule has 0 unspecified atom stereocenters. The summed E-state index contributed by atoms with van der Waals surface area (Å²) in [6.07, 6.45) is -0.975. The molecule has 1 aliphatic rings. The first kappa shape index (κ1) is 22.8. The molecular weight excluding hydrogens is 453 g/mol. The average Bonchev–Trinajstić information content (AvgIpc) is 3.41. The number of alkyl halides is 3. The monoisotopic (exact) mass is 474 g/mol. The van der Waals surface area contributed by atoms with Gasteiger partial charge >= 0.3 is 12.1 Å². The standard InChI is InChI=1S/C23H21F3N4O2S/c1-32-19(31)10-13-30-21(20(28-22(30)33)17-8-2-3-11-27-17)18-9-5-12-29(18)16-7-4-6-15(14-16)23(24,25)26/h2-9,11-12,14,20-21H,10,13H2,1H3,(H,28,33)/t20-,21-/m0/s1. The lowest BCUT2D eigenvalue weighted by molar-refractivity contribution is -0.141. The van der Waals surface area contributed by atoms with Gasteiger partial charge in [-0.25, -0.2) is 0 Å². The van der Waals surface area contributed by atoms with Gasteiger partial charge in [-0.15, -0.1) is 0 Å². The molecule has 0 amide bonds. The smallest absolute Gasteiger partial charge is 0.416 e. The second kappa shape index (κ2) is 9.22. The van der Waals surface area contributed by atoms with E-state index in [2.05, 4.69) is 10.3 Å². The van der Waals surface area contributed by atoms with Crippen LogP contribution in [-0.4, -0.2) is 39.2 Å². The number of hydrogen-bond acceptors (Lipinski definition) is 4. The van der Waals surface area contributed by atoms with Gasteiger partial charge in [0, 0.05) is 30.3 Å². The zero-order valence-electron chi connectivity index (χ0n) is 17.6. The number of nitrogens with zero attached hydrogens (tertiary/aromatic N) is 3. The van der Waals surface area contributed by atoms with Crippen molar-refractivity contribution < 1.29 is 22.7 Å². The SMILES string of the molecule is COC(=O)CCN1C(=S)N[C@@H](c2ccccn2)[C@@H]1c1cccn1-c1cccc(C(F)(F)F)c1. The third kappa shape index (κ3) is 4.70. The highest BCUT2D eigenvalue weighted by Gasteiger charge is 2.41. The molecule has 2 aromatic heterocycles. The van der Waals surface area contributed by atoms with E-state index in [1.54, 1.807) is 35.2 Å². The zero-order chi connectivity index (χ0) is 23.6. The van der Waals surface area contributed by atoms with Gasteiger partial charge in [0.1, 0.15) is 0 Å². The first-order chi connectivity index (χ1) is 15.8. The largest absolute Gasteiger partial charge is 0.469 e. The van der Waals surface area contributed by atoms with Gasteiger partial charge in [-0.05, 0) is 54.7 Å². The Labute approximate surface area is 194 Å². The van der Waals surface area contributed by atoms with E-state index in [0.29, 0.717) is 16.5 Å². The maximum absolute atomic E-state index is 13.3. The Bertz CT molecular complexity index is 1150. The minimum absolute atomic E-state index is 0.105. The molecule has 172 valence electrons. The van der Waals surface area contributed by atoms with Gasteiger partial charge in [0.15, 0.2) is 5.11 Å². The number of nitrogens with one attached hydrogen (secondary N) is 1. The van der Waals surface area contributed by atoms with E-state index in [4.69, 9.17) is 17.0 Å². The van der Waals surface area contributed by atoms with Crippen molar-refractivity contribution in [1.82, 2.24) is 19.8 Å². The number of carbonyl (C=O) groups excluding carboxylic acids is 1. The van der Waals surface area contributed by atoms with Crippen molar-refractivity contribution >= 4 is 23.3 Å². The van der Waals surface area contributed by atoms with Crippen LogP contribution in [0.5, 0.6) is 0 Å². The predicted octanol–water partition coefficient (Wildman–Crippen LogP) is 4.43. The van der Waals surface area contributed by atoms with E-state index in [0.717, 1.165) is 17.8 Å². The normalized spacial score (nSPS) is 18.3. The number of ether oxygens (including phenoxy) is 1. The van der Waals surface area contributed by atoms with Gasteiger partial charge in [-0.1, -0.05) is 12.1 Å². The highest BCUT2D eigenvalue weighted by Crippen LogP contribution is 2.40. The summed E-state index contributed by atoms with van der Waals surface area (Å²) in [5.74, 6) is -0.383. The third-order valence-electron chi connectivity index (χ3n) is 5.52. The lowest BCUT2D eigenvalue weighted by Gasteiger charge is -2.28. The molecule has 6 nitrogen and oxygen atoms in total. The number of thiocarbonyl (C=S) groups is 1. The number of carbonyl (C=O) groups is 1. The van der Waals surface area contributed by atoms with Gasteiger partial charge in [0.25, 0.3) is 0 Å². The fourth-order valence-corrected chi connectivity index (χ4v) is 4.32. The molecule has 0 aliphatic carbocycles. The van der Waals surface area contributed by atoms with Crippen LogP contribution in [0.2, 0.25) is 0 Å². The minimum atomic E-state index is -4.46. The van der Waals surface area contributed by atoms with Crippen LogP contribution in [0.4, 0.5) is 13.2 Å². The molecule has 4 rings (SSSR count). The van der Waals surface area contributed by atoms with Crippen molar-refractivity contribution in [2.24, 2.45) is 0 Å². The first-order valence-electron chi connectivity index (χ1n) is 10.2. The number of esters is 1. The van der Waals surface area contributed by atoms with E-state index >= 15 is 0 Å². The highest BCUT2D eigenvalue weighted by molar-refractivity contribution is 7.80. The highest BCUT2D eigenvalue weighted by atomic mass is 32.1. The Balaban J connectivity index is 1.78. The van der Waals surface area contributed by atoms with Gasteiger partial charge in [-0.3, -0.25) is 9.78 Å². The molecular formula is C23H21F3N4O2S. The van der Waals surface area contributed by atoms with Crippen molar-refractivity contribution in [3.63, 3.8) is 0 Å². The Morgan fingerprint density at radius 2 is 2.00 bits per heavy atom. The fraction of sp³-hybridized carbons (Fsp3) is 0.261. The van der Waals surface area contributed by atoms with Crippen LogP contribution < -0.4 is 5.32 Å². The number of rotatable bonds is 6. The van der Waals surface area contributed by atoms with Crippen LogP contribution >= 0.6 is 12.2 Å². The Kier molecular flexibility index (Phi) is 6.37. The van der Waals surface area contributed by atoms with Crippen molar-refractivity contribution in [3.8, 4) is 5.69 Å². The van der Waals surface area contributed by atoms with E-state index in [1.807, 2.05) is 23.1 Å².